The highest BCUT2D eigenvalue weighted by molar-refractivity contribution is 5.99. The van der Waals surface area contributed by atoms with Gasteiger partial charge in [-0.15, -0.1) is 12.4 Å². The summed E-state index contributed by atoms with van der Waals surface area (Å²) >= 11 is 0. The average molecular weight is 631 g/mol. The fourth-order valence-electron chi connectivity index (χ4n) is 5.93. The lowest BCUT2D eigenvalue weighted by Gasteiger charge is -2.28. The largest absolute Gasteiger partial charge is 0.350 e. The molecule has 1 aliphatic carbocycles. The quantitative estimate of drug-likeness (QED) is 0.157. The Balaban J connectivity index is 0.00000461. The highest BCUT2D eigenvalue weighted by Gasteiger charge is 2.29. The molecule has 3 aromatic carbocycles. The number of amides is 3. The molecule has 0 saturated heterocycles. The summed E-state index contributed by atoms with van der Waals surface area (Å²) in [6.45, 7) is 6.52. The molecule has 1 aromatic heterocycles. The second-order valence-corrected chi connectivity index (χ2v) is 12.2. The van der Waals surface area contributed by atoms with Gasteiger partial charge in [-0.3, -0.25) is 14.4 Å². The lowest BCUT2D eigenvalue weighted by atomic mass is 9.81. The number of hydrogen-bond acceptors (Lipinski definition) is 5. The van der Waals surface area contributed by atoms with Gasteiger partial charge in [0.05, 0.1) is 17.4 Å². The zero-order valence-corrected chi connectivity index (χ0v) is 26.9. The molecule has 1 aliphatic rings. The minimum atomic E-state index is -0.751. The van der Waals surface area contributed by atoms with E-state index in [9.17, 15) is 14.4 Å². The predicted octanol–water partition coefficient (Wildman–Crippen LogP) is 5.53. The maximum absolute atomic E-state index is 13.6. The lowest BCUT2D eigenvalue weighted by molar-refractivity contribution is -0.130. The van der Waals surface area contributed by atoms with Crippen LogP contribution in [0.1, 0.15) is 61.0 Å². The monoisotopic (exact) mass is 630 g/mol. The van der Waals surface area contributed by atoms with Crippen molar-refractivity contribution in [2.45, 2.75) is 65.0 Å². The van der Waals surface area contributed by atoms with Crippen LogP contribution in [-0.2, 0) is 16.0 Å². The number of carbonyl (C=O) groups excluding carboxylic acids is 3. The summed E-state index contributed by atoms with van der Waals surface area (Å²) in [5.74, 6) is -0.105. The number of halogens is 1. The molecule has 3 amide bonds. The van der Waals surface area contributed by atoms with Gasteiger partial charge in [0.15, 0.2) is 0 Å². The third-order valence-corrected chi connectivity index (χ3v) is 8.48. The van der Waals surface area contributed by atoms with Crippen LogP contribution in [0.4, 0.5) is 5.69 Å². The van der Waals surface area contributed by atoms with E-state index in [1.165, 1.54) is 0 Å². The average Bonchev–Trinajstić information content (AvgIpc) is 3.49. The van der Waals surface area contributed by atoms with Gasteiger partial charge in [-0.2, -0.15) is 0 Å². The standard InChI is InChI=1S/C35H42N6O3.ClH/c1-21(2)39-34(43)27-12-14-29(22(3)16-27)25-8-4-23(5-9-25)17-32(41-33(42)26-10-6-24(19-36)7-11-26)35(44)40-28-13-15-30-31(18-28)38-20-37-30;/h4-5,8-9,12-16,18,20-21,24,26,32H,6-7,10-11,17,19,36H2,1-3H3,(H,37,38)(H,39,43)(H,40,44)(H,41,42);1H/t24-,26-,32-;/m0./s1. The predicted molar refractivity (Wildman–Crippen MR) is 181 cm³/mol. The summed E-state index contributed by atoms with van der Waals surface area (Å²) in [6, 6.07) is 18.5. The number of benzene rings is 3. The molecule has 238 valence electrons. The molecule has 9 nitrogen and oxygen atoms in total. The number of imidazole rings is 1. The lowest BCUT2D eigenvalue weighted by Crippen LogP contribution is -2.48. The van der Waals surface area contributed by atoms with Crippen molar-refractivity contribution in [1.82, 2.24) is 20.6 Å². The van der Waals surface area contributed by atoms with Gasteiger partial charge in [0.25, 0.3) is 5.91 Å². The van der Waals surface area contributed by atoms with Crippen LogP contribution in [-0.4, -0.2) is 46.3 Å². The summed E-state index contributed by atoms with van der Waals surface area (Å²) in [5, 5.41) is 8.98. The van der Waals surface area contributed by atoms with Crippen LogP contribution >= 0.6 is 12.4 Å². The van der Waals surface area contributed by atoms with Crippen molar-refractivity contribution in [3.05, 3.63) is 83.7 Å². The number of nitrogens with one attached hydrogen (secondary N) is 4. The number of nitrogens with two attached hydrogens (primary N) is 1. The summed E-state index contributed by atoms with van der Waals surface area (Å²) in [7, 11) is 0. The third kappa shape index (κ3) is 8.49. The van der Waals surface area contributed by atoms with E-state index >= 15 is 0 Å². The van der Waals surface area contributed by atoms with Gasteiger partial charge in [-0.1, -0.05) is 30.3 Å². The molecule has 0 radical (unpaired) electrons. The van der Waals surface area contributed by atoms with Crippen molar-refractivity contribution in [3.63, 3.8) is 0 Å². The van der Waals surface area contributed by atoms with Crippen LogP contribution in [0.25, 0.3) is 22.2 Å². The fraction of sp³-hybridized carbons (Fsp3) is 0.371. The van der Waals surface area contributed by atoms with Crippen molar-refractivity contribution >= 4 is 46.8 Å². The Hall–Kier alpha value is -4.21. The van der Waals surface area contributed by atoms with E-state index in [4.69, 9.17) is 5.73 Å². The minimum absolute atomic E-state index is 0. The van der Waals surface area contributed by atoms with E-state index in [0.29, 0.717) is 30.1 Å². The highest BCUT2D eigenvalue weighted by Crippen LogP contribution is 2.29. The number of anilines is 1. The Morgan fingerprint density at radius 3 is 2.36 bits per heavy atom. The second kappa shape index (κ2) is 15.2. The number of carbonyl (C=O) groups is 3. The van der Waals surface area contributed by atoms with Crippen molar-refractivity contribution in [1.29, 1.82) is 0 Å². The van der Waals surface area contributed by atoms with E-state index in [1.807, 2.05) is 81.4 Å². The molecule has 5 rings (SSSR count). The molecular weight excluding hydrogens is 588 g/mol. The SMILES string of the molecule is Cc1cc(C(=O)NC(C)C)ccc1-c1ccc(C[C@H](NC(=O)[C@H]2CC[C@H](CN)CC2)C(=O)Nc2ccc3nc[nH]c3c2)cc1.Cl. The molecule has 6 N–H and O–H groups in total. The number of H-pyrrole nitrogens is 1. The molecule has 0 unspecified atom stereocenters. The van der Waals surface area contributed by atoms with Crippen LogP contribution < -0.4 is 21.7 Å². The number of aromatic nitrogens is 2. The van der Waals surface area contributed by atoms with Crippen LogP contribution in [0.3, 0.4) is 0 Å². The van der Waals surface area contributed by atoms with Crippen molar-refractivity contribution in [2.75, 3.05) is 11.9 Å². The molecule has 45 heavy (non-hydrogen) atoms. The number of nitrogens with zero attached hydrogens (tertiary/aromatic N) is 1. The maximum atomic E-state index is 13.6. The molecule has 0 bridgehead atoms. The van der Waals surface area contributed by atoms with Gasteiger partial charge in [-0.05, 0) is 112 Å². The zero-order valence-electron chi connectivity index (χ0n) is 26.1. The smallest absolute Gasteiger partial charge is 0.251 e. The first-order valence-corrected chi connectivity index (χ1v) is 15.5. The minimum Gasteiger partial charge on any atom is -0.350 e. The van der Waals surface area contributed by atoms with Gasteiger partial charge in [0.2, 0.25) is 11.8 Å². The Morgan fingerprint density at radius 1 is 0.956 bits per heavy atom. The van der Waals surface area contributed by atoms with Gasteiger partial charge in [-0.25, -0.2) is 4.98 Å². The number of rotatable bonds is 10. The first-order valence-electron chi connectivity index (χ1n) is 15.5. The Kier molecular flexibility index (Phi) is 11.4. The van der Waals surface area contributed by atoms with E-state index in [-0.39, 0.29) is 42.1 Å². The molecule has 1 fully saturated rings. The third-order valence-electron chi connectivity index (χ3n) is 8.48. The van der Waals surface area contributed by atoms with Crippen molar-refractivity contribution < 1.29 is 14.4 Å². The molecule has 0 spiro atoms. The molecule has 4 aromatic rings. The molecular formula is C35H43ClN6O3. The van der Waals surface area contributed by atoms with E-state index in [1.54, 1.807) is 6.33 Å². The Morgan fingerprint density at radius 2 is 1.69 bits per heavy atom. The fourth-order valence-corrected chi connectivity index (χ4v) is 5.93. The van der Waals surface area contributed by atoms with Gasteiger partial charge >= 0.3 is 0 Å². The molecule has 1 saturated carbocycles. The van der Waals surface area contributed by atoms with E-state index < -0.39 is 6.04 Å². The number of aryl methyl sites for hydroxylation is 1. The van der Waals surface area contributed by atoms with Crippen LogP contribution in [0.15, 0.2) is 67.0 Å². The van der Waals surface area contributed by atoms with Gasteiger partial charge in [0, 0.05) is 29.6 Å². The number of hydrogen-bond donors (Lipinski definition) is 5. The first-order chi connectivity index (χ1) is 21.2. The van der Waals surface area contributed by atoms with Crippen LogP contribution in [0.2, 0.25) is 0 Å². The molecule has 1 atom stereocenters. The molecule has 1 heterocycles. The summed E-state index contributed by atoms with van der Waals surface area (Å²) in [4.78, 5) is 46.7. The Labute approximate surface area is 270 Å². The summed E-state index contributed by atoms with van der Waals surface area (Å²) in [6.07, 6.45) is 5.38. The zero-order chi connectivity index (χ0) is 31.2. The van der Waals surface area contributed by atoms with E-state index in [0.717, 1.165) is 59.0 Å². The topological polar surface area (TPSA) is 142 Å². The number of aromatic amines is 1. The summed E-state index contributed by atoms with van der Waals surface area (Å²) < 4.78 is 0. The molecule has 0 aliphatic heterocycles. The van der Waals surface area contributed by atoms with E-state index in [2.05, 4.69) is 25.9 Å². The van der Waals surface area contributed by atoms with Crippen LogP contribution in [0, 0.1) is 18.8 Å². The number of fused-ring (bicyclic) bond motifs is 1. The van der Waals surface area contributed by atoms with Crippen molar-refractivity contribution in [3.8, 4) is 11.1 Å². The van der Waals surface area contributed by atoms with Crippen LogP contribution in [0.5, 0.6) is 0 Å². The maximum Gasteiger partial charge on any atom is 0.251 e. The Bertz CT molecular complexity index is 1630. The molecule has 10 heteroatoms. The highest BCUT2D eigenvalue weighted by atomic mass is 35.5. The van der Waals surface area contributed by atoms with Crippen molar-refractivity contribution in [2.24, 2.45) is 17.6 Å². The normalized spacial score (nSPS) is 16.9. The van der Waals surface area contributed by atoms with Gasteiger partial charge < -0.3 is 26.7 Å². The van der Waals surface area contributed by atoms with Gasteiger partial charge in [0.1, 0.15) is 6.04 Å². The summed E-state index contributed by atoms with van der Waals surface area (Å²) in [5.41, 5.74) is 12.7. The first kappa shape index (κ1) is 33.7. The second-order valence-electron chi connectivity index (χ2n) is 12.2.